The molecule has 1 N–H and O–H groups in total. The van der Waals surface area contributed by atoms with Gasteiger partial charge in [0.2, 0.25) is 5.91 Å². The fraction of sp³-hybridized carbons (Fsp3) is 0.269. The van der Waals surface area contributed by atoms with Gasteiger partial charge in [-0.3, -0.25) is 9.10 Å². The fourth-order valence-corrected chi connectivity index (χ4v) is 5.13. The number of hydrogen-bond acceptors (Lipinski definition) is 7. The van der Waals surface area contributed by atoms with Crippen LogP contribution in [0.1, 0.15) is 5.56 Å². The SMILES string of the molecule is COc1ccc(OC)c(N(CC(=O)NCC2COc3ccccc3O2)S(=O)(=O)c2ccc(C)cc2)c1. The molecule has 0 radical (unpaired) electrons. The van der Waals surface area contributed by atoms with Crippen LogP contribution >= 0.6 is 0 Å². The first-order chi connectivity index (χ1) is 17.3. The number of sulfonamides is 1. The monoisotopic (exact) mass is 512 g/mol. The molecule has 0 bridgehead atoms. The van der Waals surface area contributed by atoms with Crippen molar-refractivity contribution in [3.05, 3.63) is 72.3 Å². The van der Waals surface area contributed by atoms with Gasteiger partial charge < -0.3 is 24.3 Å². The van der Waals surface area contributed by atoms with E-state index in [0.717, 1.165) is 9.87 Å². The molecule has 0 spiro atoms. The van der Waals surface area contributed by atoms with Gasteiger partial charge in [-0.15, -0.1) is 0 Å². The Morgan fingerprint density at radius 1 is 1.03 bits per heavy atom. The minimum Gasteiger partial charge on any atom is -0.497 e. The number of amides is 1. The van der Waals surface area contributed by atoms with Crippen molar-refractivity contribution in [2.45, 2.75) is 17.9 Å². The van der Waals surface area contributed by atoms with Crippen molar-refractivity contribution in [1.82, 2.24) is 5.32 Å². The molecule has 1 heterocycles. The Hall–Kier alpha value is -3.92. The largest absolute Gasteiger partial charge is 0.497 e. The number of para-hydroxylation sites is 2. The van der Waals surface area contributed by atoms with Crippen molar-refractivity contribution in [1.29, 1.82) is 0 Å². The summed E-state index contributed by atoms with van der Waals surface area (Å²) in [5.41, 5.74) is 1.09. The van der Waals surface area contributed by atoms with Gasteiger partial charge in [0.1, 0.15) is 30.8 Å². The number of rotatable bonds is 9. The molecule has 1 atom stereocenters. The summed E-state index contributed by atoms with van der Waals surface area (Å²) in [7, 11) is -1.22. The molecular formula is C26H28N2O7S. The summed E-state index contributed by atoms with van der Waals surface area (Å²) >= 11 is 0. The number of benzene rings is 3. The molecule has 4 rings (SSSR count). The first-order valence-corrected chi connectivity index (χ1v) is 12.7. The Kier molecular flexibility index (Phi) is 7.54. The standard InChI is InChI=1S/C26H28N2O7S/c1-18-8-11-21(12-9-18)36(30,31)28(22-14-19(32-2)10-13-23(22)33-3)16-26(29)27-15-20-17-34-24-6-4-5-7-25(24)35-20/h4-14,20H,15-17H2,1-3H3,(H,27,29). The van der Waals surface area contributed by atoms with Gasteiger partial charge in [0.25, 0.3) is 10.0 Å². The summed E-state index contributed by atoms with van der Waals surface area (Å²) < 4.78 is 50.7. The van der Waals surface area contributed by atoms with E-state index in [1.165, 1.54) is 32.4 Å². The lowest BCUT2D eigenvalue weighted by Crippen LogP contribution is -2.45. The van der Waals surface area contributed by atoms with Crippen LogP contribution in [0.4, 0.5) is 5.69 Å². The van der Waals surface area contributed by atoms with Crippen LogP contribution < -0.4 is 28.6 Å². The minimum absolute atomic E-state index is 0.0476. The third-order valence-corrected chi connectivity index (χ3v) is 7.42. The summed E-state index contributed by atoms with van der Waals surface area (Å²) in [5.74, 6) is 1.41. The second kappa shape index (κ2) is 10.8. The topological polar surface area (TPSA) is 103 Å². The van der Waals surface area contributed by atoms with Crippen LogP contribution in [0, 0.1) is 6.92 Å². The summed E-state index contributed by atoms with van der Waals surface area (Å²) in [6, 6.07) is 18.4. The Labute approximate surface area is 210 Å². The molecule has 3 aromatic rings. The van der Waals surface area contributed by atoms with Crippen molar-refractivity contribution in [3.8, 4) is 23.0 Å². The summed E-state index contributed by atoms with van der Waals surface area (Å²) in [6.07, 6.45) is -0.419. The van der Waals surface area contributed by atoms with Gasteiger partial charge in [0.15, 0.2) is 11.5 Å². The number of anilines is 1. The van der Waals surface area contributed by atoms with E-state index in [-0.39, 0.29) is 29.5 Å². The third-order valence-electron chi connectivity index (χ3n) is 5.65. The van der Waals surface area contributed by atoms with Crippen LogP contribution in [-0.4, -0.2) is 54.3 Å². The van der Waals surface area contributed by atoms with Crippen LogP contribution in [-0.2, 0) is 14.8 Å². The lowest BCUT2D eigenvalue weighted by molar-refractivity contribution is -0.120. The maximum atomic E-state index is 13.7. The number of nitrogens with one attached hydrogen (secondary N) is 1. The number of carbonyl (C=O) groups is 1. The summed E-state index contributed by atoms with van der Waals surface area (Å²) in [4.78, 5) is 13.1. The smallest absolute Gasteiger partial charge is 0.264 e. The Morgan fingerprint density at radius 3 is 2.44 bits per heavy atom. The number of methoxy groups -OCH3 is 2. The first-order valence-electron chi connectivity index (χ1n) is 11.3. The molecular weight excluding hydrogens is 484 g/mol. The van der Waals surface area contributed by atoms with E-state index in [0.29, 0.717) is 17.2 Å². The zero-order valence-corrected chi connectivity index (χ0v) is 21.1. The van der Waals surface area contributed by atoms with Gasteiger partial charge in [-0.1, -0.05) is 29.8 Å². The molecule has 0 saturated carbocycles. The van der Waals surface area contributed by atoms with Crippen molar-refractivity contribution in [2.75, 3.05) is 38.2 Å². The van der Waals surface area contributed by atoms with E-state index < -0.39 is 28.6 Å². The van der Waals surface area contributed by atoms with Crippen molar-refractivity contribution < 1.29 is 32.2 Å². The normalized spacial score (nSPS) is 14.6. The highest BCUT2D eigenvalue weighted by atomic mass is 32.2. The van der Waals surface area contributed by atoms with E-state index in [1.807, 2.05) is 19.1 Å². The van der Waals surface area contributed by atoms with Crippen LogP contribution in [0.3, 0.4) is 0 Å². The maximum Gasteiger partial charge on any atom is 0.264 e. The second-order valence-corrected chi connectivity index (χ2v) is 10.0. The molecule has 0 saturated heterocycles. The van der Waals surface area contributed by atoms with Crippen LogP contribution in [0.5, 0.6) is 23.0 Å². The van der Waals surface area contributed by atoms with Crippen molar-refractivity contribution >= 4 is 21.6 Å². The van der Waals surface area contributed by atoms with Crippen LogP contribution in [0.15, 0.2) is 71.6 Å². The predicted molar refractivity (Wildman–Crippen MR) is 135 cm³/mol. The van der Waals surface area contributed by atoms with E-state index in [1.54, 1.807) is 36.4 Å². The van der Waals surface area contributed by atoms with Gasteiger partial charge in [0.05, 0.1) is 31.3 Å². The van der Waals surface area contributed by atoms with Crippen molar-refractivity contribution in [2.24, 2.45) is 0 Å². The van der Waals surface area contributed by atoms with E-state index in [2.05, 4.69) is 5.32 Å². The molecule has 1 aliphatic rings. The molecule has 1 amide bonds. The Morgan fingerprint density at radius 2 is 1.75 bits per heavy atom. The second-order valence-electron chi connectivity index (χ2n) is 8.16. The summed E-state index contributed by atoms with van der Waals surface area (Å²) in [6.45, 7) is 1.78. The quantitative estimate of drug-likeness (QED) is 0.470. The molecule has 1 aliphatic heterocycles. The fourth-order valence-electron chi connectivity index (χ4n) is 3.71. The molecule has 0 aromatic heterocycles. The molecule has 1 unspecified atom stereocenters. The van der Waals surface area contributed by atoms with E-state index >= 15 is 0 Å². The number of ether oxygens (including phenoxy) is 4. The Balaban J connectivity index is 1.57. The van der Waals surface area contributed by atoms with E-state index in [9.17, 15) is 13.2 Å². The van der Waals surface area contributed by atoms with Crippen LogP contribution in [0.2, 0.25) is 0 Å². The van der Waals surface area contributed by atoms with E-state index in [4.69, 9.17) is 18.9 Å². The molecule has 10 heteroatoms. The summed E-state index contributed by atoms with van der Waals surface area (Å²) in [5, 5.41) is 2.76. The maximum absolute atomic E-state index is 13.7. The molecule has 0 aliphatic carbocycles. The number of aryl methyl sites for hydroxylation is 1. The zero-order valence-electron chi connectivity index (χ0n) is 20.3. The number of hydrogen-bond donors (Lipinski definition) is 1. The highest BCUT2D eigenvalue weighted by Crippen LogP contribution is 2.36. The highest BCUT2D eigenvalue weighted by Gasteiger charge is 2.30. The molecule has 9 nitrogen and oxygen atoms in total. The molecule has 190 valence electrons. The lowest BCUT2D eigenvalue weighted by Gasteiger charge is -2.28. The van der Waals surface area contributed by atoms with Gasteiger partial charge in [-0.05, 0) is 43.3 Å². The number of fused-ring (bicyclic) bond motifs is 1. The van der Waals surface area contributed by atoms with Crippen LogP contribution in [0.25, 0.3) is 0 Å². The Bertz CT molecular complexity index is 1330. The number of nitrogens with zero attached hydrogens (tertiary/aromatic N) is 1. The van der Waals surface area contributed by atoms with Gasteiger partial charge in [-0.2, -0.15) is 0 Å². The third kappa shape index (κ3) is 5.49. The minimum atomic E-state index is -4.13. The zero-order chi connectivity index (χ0) is 25.7. The van der Waals surface area contributed by atoms with Crippen molar-refractivity contribution in [3.63, 3.8) is 0 Å². The predicted octanol–water partition coefficient (Wildman–Crippen LogP) is 3.16. The van der Waals surface area contributed by atoms with Gasteiger partial charge in [-0.25, -0.2) is 8.42 Å². The average Bonchev–Trinajstić information content (AvgIpc) is 2.90. The lowest BCUT2D eigenvalue weighted by atomic mass is 10.2. The first kappa shape index (κ1) is 25.2. The molecule has 3 aromatic carbocycles. The van der Waals surface area contributed by atoms with Gasteiger partial charge >= 0.3 is 0 Å². The average molecular weight is 513 g/mol. The molecule has 36 heavy (non-hydrogen) atoms. The highest BCUT2D eigenvalue weighted by molar-refractivity contribution is 7.92. The molecule has 0 fully saturated rings. The van der Waals surface area contributed by atoms with Gasteiger partial charge in [0, 0.05) is 6.07 Å². The number of carbonyl (C=O) groups excluding carboxylic acids is 1.